The SMILES string of the molecule is CCCC(C)CC(C)CC(C)[C@H]1OC(=O)[C@@H]1C. The fourth-order valence-corrected chi connectivity index (χ4v) is 3.18. The van der Waals surface area contributed by atoms with Gasteiger partial charge in [0.05, 0.1) is 5.92 Å². The number of hydrogen-bond acceptors (Lipinski definition) is 2. The first kappa shape index (κ1) is 14.5. The van der Waals surface area contributed by atoms with Crippen molar-refractivity contribution in [3.63, 3.8) is 0 Å². The zero-order valence-electron chi connectivity index (χ0n) is 12.0. The summed E-state index contributed by atoms with van der Waals surface area (Å²) in [5.41, 5.74) is 0. The lowest BCUT2D eigenvalue weighted by molar-refractivity contribution is -0.189. The molecule has 0 amide bonds. The van der Waals surface area contributed by atoms with Crippen molar-refractivity contribution in [1.29, 1.82) is 0 Å². The Kier molecular flexibility index (Phi) is 5.48. The molecule has 3 unspecified atom stereocenters. The van der Waals surface area contributed by atoms with Crippen LogP contribution in [0.2, 0.25) is 0 Å². The Morgan fingerprint density at radius 2 is 1.82 bits per heavy atom. The molecule has 0 bridgehead atoms. The van der Waals surface area contributed by atoms with Crippen molar-refractivity contribution in [3.8, 4) is 0 Å². The van der Waals surface area contributed by atoms with Crippen molar-refractivity contribution >= 4 is 5.97 Å². The number of esters is 1. The molecule has 1 saturated heterocycles. The smallest absolute Gasteiger partial charge is 0.312 e. The molecule has 1 fully saturated rings. The maximum atomic E-state index is 11.1. The van der Waals surface area contributed by atoms with Crippen LogP contribution in [0.25, 0.3) is 0 Å². The van der Waals surface area contributed by atoms with E-state index in [1.165, 1.54) is 25.7 Å². The van der Waals surface area contributed by atoms with Gasteiger partial charge in [-0.15, -0.1) is 0 Å². The Morgan fingerprint density at radius 1 is 1.18 bits per heavy atom. The quantitative estimate of drug-likeness (QED) is 0.628. The van der Waals surface area contributed by atoms with Gasteiger partial charge in [-0.05, 0) is 37.5 Å². The van der Waals surface area contributed by atoms with Gasteiger partial charge in [-0.25, -0.2) is 0 Å². The molecule has 100 valence electrons. The second kappa shape index (κ2) is 6.42. The zero-order valence-corrected chi connectivity index (χ0v) is 12.0. The van der Waals surface area contributed by atoms with E-state index >= 15 is 0 Å². The van der Waals surface area contributed by atoms with Crippen LogP contribution < -0.4 is 0 Å². The van der Waals surface area contributed by atoms with E-state index in [1.807, 2.05) is 6.92 Å². The Morgan fingerprint density at radius 3 is 2.29 bits per heavy atom. The van der Waals surface area contributed by atoms with Crippen molar-refractivity contribution in [3.05, 3.63) is 0 Å². The molecular formula is C15H28O2. The minimum Gasteiger partial charge on any atom is -0.461 e. The lowest BCUT2D eigenvalue weighted by Crippen LogP contribution is -2.47. The molecule has 5 atom stereocenters. The van der Waals surface area contributed by atoms with Crippen LogP contribution >= 0.6 is 0 Å². The lowest BCUT2D eigenvalue weighted by atomic mass is 9.81. The Bertz CT molecular complexity index is 249. The molecule has 0 aliphatic carbocycles. The second-order valence-electron chi connectivity index (χ2n) is 6.14. The molecule has 0 N–H and O–H groups in total. The van der Waals surface area contributed by atoms with Crippen LogP contribution in [0.1, 0.15) is 60.3 Å². The molecule has 1 rings (SSSR count). The summed E-state index contributed by atoms with van der Waals surface area (Å²) in [5, 5.41) is 0. The van der Waals surface area contributed by atoms with E-state index < -0.39 is 0 Å². The lowest BCUT2D eigenvalue weighted by Gasteiger charge is -2.38. The van der Waals surface area contributed by atoms with Gasteiger partial charge in [-0.3, -0.25) is 4.79 Å². The highest BCUT2D eigenvalue weighted by Gasteiger charge is 2.42. The second-order valence-corrected chi connectivity index (χ2v) is 6.14. The van der Waals surface area contributed by atoms with Gasteiger partial charge in [0.25, 0.3) is 0 Å². The molecule has 1 aliphatic rings. The highest BCUT2D eigenvalue weighted by molar-refractivity contribution is 5.78. The van der Waals surface area contributed by atoms with Crippen LogP contribution in [-0.4, -0.2) is 12.1 Å². The number of carbonyl (C=O) groups excluding carboxylic acids is 1. The molecule has 1 heterocycles. The maximum Gasteiger partial charge on any atom is 0.312 e. The first-order valence-corrected chi connectivity index (χ1v) is 7.16. The summed E-state index contributed by atoms with van der Waals surface area (Å²) in [6.07, 6.45) is 5.25. The summed E-state index contributed by atoms with van der Waals surface area (Å²) >= 11 is 0. The van der Waals surface area contributed by atoms with Crippen LogP contribution in [0.4, 0.5) is 0 Å². The minimum atomic E-state index is -0.0196. The van der Waals surface area contributed by atoms with E-state index in [9.17, 15) is 4.79 Å². The molecule has 0 aromatic rings. The number of hydrogen-bond donors (Lipinski definition) is 0. The van der Waals surface area contributed by atoms with Crippen LogP contribution in [-0.2, 0) is 9.53 Å². The fraction of sp³-hybridized carbons (Fsp3) is 0.933. The first-order chi connectivity index (χ1) is 7.95. The Hall–Kier alpha value is -0.530. The summed E-state index contributed by atoms with van der Waals surface area (Å²) in [6, 6.07) is 0. The van der Waals surface area contributed by atoms with Gasteiger partial charge >= 0.3 is 5.97 Å². The van der Waals surface area contributed by atoms with Gasteiger partial charge in [0.1, 0.15) is 6.10 Å². The van der Waals surface area contributed by atoms with Crippen LogP contribution in [0.15, 0.2) is 0 Å². The topological polar surface area (TPSA) is 26.3 Å². The number of cyclic esters (lactones) is 1. The van der Waals surface area contributed by atoms with Gasteiger partial charge in [0.2, 0.25) is 0 Å². The third-order valence-electron chi connectivity index (χ3n) is 4.04. The van der Waals surface area contributed by atoms with Gasteiger partial charge in [0, 0.05) is 0 Å². The molecule has 0 spiro atoms. The summed E-state index contributed by atoms with van der Waals surface area (Å²) in [5.74, 6) is 2.16. The van der Waals surface area contributed by atoms with E-state index in [0.29, 0.717) is 5.92 Å². The molecule has 0 saturated carbocycles. The average molecular weight is 240 g/mol. The van der Waals surface area contributed by atoms with Gasteiger partial charge in [-0.2, -0.15) is 0 Å². The monoisotopic (exact) mass is 240 g/mol. The summed E-state index contributed by atoms with van der Waals surface area (Å²) in [6.45, 7) is 11.1. The van der Waals surface area contributed by atoms with Gasteiger partial charge < -0.3 is 4.74 Å². The van der Waals surface area contributed by atoms with E-state index in [0.717, 1.165) is 11.8 Å². The molecule has 1 aliphatic heterocycles. The Labute approximate surface area is 106 Å². The first-order valence-electron chi connectivity index (χ1n) is 7.16. The highest BCUT2D eigenvalue weighted by atomic mass is 16.6. The summed E-state index contributed by atoms with van der Waals surface area (Å²) in [7, 11) is 0. The molecule has 2 heteroatoms. The van der Waals surface area contributed by atoms with Crippen molar-refractivity contribution in [1.82, 2.24) is 0 Å². The van der Waals surface area contributed by atoms with Gasteiger partial charge in [0.15, 0.2) is 0 Å². The van der Waals surface area contributed by atoms with Crippen molar-refractivity contribution in [2.75, 3.05) is 0 Å². The van der Waals surface area contributed by atoms with Crippen molar-refractivity contribution < 1.29 is 9.53 Å². The number of carbonyl (C=O) groups is 1. The maximum absolute atomic E-state index is 11.1. The van der Waals surface area contributed by atoms with E-state index in [2.05, 4.69) is 27.7 Å². The highest BCUT2D eigenvalue weighted by Crippen LogP contribution is 2.33. The van der Waals surface area contributed by atoms with Crippen LogP contribution in [0.5, 0.6) is 0 Å². The molecular weight excluding hydrogens is 212 g/mol. The number of ether oxygens (including phenoxy) is 1. The zero-order chi connectivity index (χ0) is 13.0. The average Bonchev–Trinajstić information content (AvgIpc) is 2.24. The molecule has 2 nitrogen and oxygen atoms in total. The predicted octanol–water partition coefficient (Wildman–Crippen LogP) is 4.04. The van der Waals surface area contributed by atoms with E-state index in [-0.39, 0.29) is 18.0 Å². The van der Waals surface area contributed by atoms with Crippen LogP contribution in [0.3, 0.4) is 0 Å². The van der Waals surface area contributed by atoms with Crippen molar-refractivity contribution in [2.45, 2.75) is 66.4 Å². The largest absolute Gasteiger partial charge is 0.461 e. The van der Waals surface area contributed by atoms with Crippen LogP contribution in [0, 0.1) is 23.7 Å². The van der Waals surface area contributed by atoms with E-state index in [4.69, 9.17) is 4.74 Å². The number of rotatable bonds is 7. The molecule has 0 aromatic heterocycles. The third-order valence-corrected chi connectivity index (χ3v) is 4.04. The predicted molar refractivity (Wildman–Crippen MR) is 70.7 cm³/mol. The standard InChI is InChI=1S/C15H28O2/c1-6-7-10(2)8-11(3)9-12(4)14-13(5)15(16)17-14/h10-14H,6-9H2,1-5H3/t10?,11?,12?,13-,14-/m1/s1. The fourth-order valence-electron chi connectivity index (χ4n) is 3.18. The van der Waals surface area contributed by atoms with Gasteiger partial charge in [-0.1, -0.05) is 40.5 Å². The van der Waals surface area contributed by atoms with Crippen molar-refractivity contribution in [2.24, 2.45) is 23.7 Å². The summed E-state index contributed by atoms with van der Waals surface area (Å²) in [4.78, 5) is 11.1. The molecule has 17 heavy (non-hydrogen) atoms. The summed E-state index contributed by atoms with van der Waals surface area (Å²) < 4.78 is 5.23. The van der Waals surface area contributed by atoms with E-state index in [1.54, 1.807) is 0 Å². The molecule has 0 aromatic carbocycles. The minimum absolute atomic E-state index is 0.0196. The third kappa shape index (κ3) is 4.01. The Balaban J connectivity index is 2.26. The normalized spacial score (nSPS) is 29.1. The molecule has 0 radical (unpaired) electrons.